The molecule has 0 aliphatic carbocycles. The third-order valence-corrected chi connectivity index (χ3v) is 4.55. The lowest BCUT2D eigenvalue weighted by Gasteiger charge is -2.48. The highest BCUT2D eigenvalue weighted by molar-refractivity contribution is 5.32. The maximum absolute atomic E-state index is 12.5. The summed E-state index contributed by atoms with van der Waals surface area (Å²) < 4.78 is 12.5. The molecular formula is C19H23FN2. The molecule has 2 aromatic carbocycles. The zero-order valence-electron chi connectivity index (χ0n) is 13.0. The smallest absolute Gasteiger partial charge is 0.102 e. The molecule has 0 aromatic heterocycles. The first-order chi connectivity index (χ1) is 10.8. The highest BCUT2D eigenvalue weighted by atomic mass is 19.1. The molecule has 2 aromatic rings. The van der Waals surface area contributed by atoms with Crippen LogP contribution in [0.15, 0.2) is 60.7 Å². The van der Waals surface area contributed by atoms with Crippen molar-refractivity contribution in [1.82, 2.24) is 9.80 Å². The lowest BCUT2D eigenvalue weighted by Crippen LogP contribution is -2.59. The van der Waals surface area contributed by atoms with E-state index in [0.717, 1.165) is 13.1 Å². The van der Waals surface area contributed by atoms with E-state index in [9.17, 15) is 4.39 Å². The third-order valence-electron chi connectivity index (χ3n) is 4.55. The van der Waals surface area contributed by atoms with Gasteiger partial charge in [-0.05, 0) is 18.2 Å². The fourth-order valence-electron chi connectivity index (χ4n) is 3.18. The Kier molecular flexibility index (Phi) is 4.86. The van der Waals surface area contributed by atoms with Crippen molar-refractivity contribution in [3.05, 3.63) is 71.8 Å². The maximum atomic E-state index is 12.5. The molecule has 116 valence electrons. The molecule has 22 heavy (non-hydrogen) atoms. The molecule has 0 N–H and O–H groups in total. The lowest BCUT2D eigenvalue weighted by atomic mass is 9.93. The summed E-state index contributed by atoms with van der Waals surface area (Å²) >= 11 is 0. The number of hydrogen-bond acceptors (Lipinski definition) is 2. The van der Waals surface area contributed by atoms with E-state index < -0.39 is 0 Å². The summed E-state index contributed by atoms with van der Waals surface area (Å²) in [4.78, 5) is 4.60. The standard InChI is InChI=1S/C19H23FN2/c1-21(13-12-20)18-14-22(15-18)19(16-8-4-2-5-9-16)17-10-6-3-7-11-17/h2-11,18-19H,12-15H2,1H3. The molecule has 1 aliphatic heterocycles. The molecule has 1 saturated heterocycles. The van der Waals surface area contributed by atoms with E-state index in [-0.39, 0.29) is 12.7 Å². The van der Waals surface area contributed by atoms with Crippen LogP contribution in [0.1, 0.15) is 17.2 Å². The topological polar surface area (TPSA) is 6.48 Å². The summed E-state index contributed by atoms with van der Waals surface area (Å²) in [6.07, 6.45) is 0. The van der Waals surface area contributed by atoms with Crippen LogP contribution in [-0.4, -0.2) is 49.2 Å². The van der Waals surface area contributed by atoms with Crippen LogP contribution in [0.5, 0.6) is 0 Å². The second-order valence-corrected chi connectivity index (χ2v) is 6.00. The van der Waals surface area contributed by atoms with Gasteiger partial charge in [0, 0.05) is 25.7 Å². The molecule has 1 aliphatic rings. The molecule has 0 saturated carbocycles. The van der Waals surface area contributed by atoms with Crippen LogP contribution in [0, 0.1) is 0 Å². The minimum Gasteiger partial charge on any atom is -0.298 e. The van der Waals surface area contributed by atoms with Crippen molar-refractivity contribution in [2.75, 3.05) is 33.4 Å². The quantitative estimate of drug-likeness (QED) is 0.807. The minimum absolute atomic E-state index is 0.270. The highest BCUT2D eigenvalue weighted by Crippen LogP contribution is 2.33. The molecule has 0 unspecified atom stereocenters. The fraction of sp³-hybridized carbons (Fsp3) is 0.368. The van der Waals surface area contributed by atoms with Gasteiger partial charge < -0.3 is 0 Å². The van der Waals surface area contributed by atoms with Crippen LogP contribution in [-0.2, 0) is 0 Å². The van der Waals surface area contributed by atoms with Crippen molar-refractivity contribution in [2.24, 2.45) is 0 Å². The summed E-state index contributed by atoms with van der Waals surface area (Å²) in [7, 11) is 2.02. The maximum Gasteiger partial charge on any atom is 0.102 e. The number of benzene rings is 2. The molecule has 0 bridgehead atoms. The minimum atomic E-state index is -0.270. The number of nitrogens with zero attached hydrogens (tertiary/aromatic N) is 2. The van der Waals surface area contributed by atoms with Gasteiger partial charge in [0.1, 0.15) is 6.67 Å². The number of likely N-dealkylation sites (N-methyl/N-ethyl adjacent to an activating group) is 1. The van der Waals surface area contributed by atoms with Crippen molar-refractivity contribution in [2.45, 2.75) is 12.1 Å². The highest BCUT2D eigenvalue weighted by Gasteiger charge is 2.35. The van der Waals surface area contributed by atoms with E-state index in [4.69, 9.17) is 0 Å². The summed E-state index contributed by atoms with van der Waals surface area (Å²) in [6, 6.07) is 22.0. The molecule has 0 atom stereocenters. The average molecular weight is 298 g/mol. The van der Waals surface area contributed by atoms with Crippen molar-refractivity contribution >= 4 is 0 Å². The van der Waals surface area contributed by atoms with Gasteiger partial charge in [0.2, 0.25) is 0 Å². The number of likely N-dealkylation sites (tertiary alicyclic amines) is 1. The van der Waals surface area contributed by atoms with Crippen LogP contribution in [0.4, 0.5) is 4.39 Å². The van der Waals surface area contributed by atoms with Gasteiger partial charge >= 0.3 is 0 Å². The van der Waals surface area contributed by atoms with Gasteiger partial charge in [0.15, 0.2) is 0 Å². The second kappa shape index (κ2) is 7.03. The Bertz CT molecular complexity index is 527. The molecule has 0 radical (unpaired) electrons. The van der Waals surface area contributed by atoms with Crippen LogP contribution in [0.25, 0.3) is 0 Å². The largest absolute Gasteiger partial charge is 0.298 e. The van der Waals surface area contributed by atoms with Crippen LogP contribution in [0.3, 0.4) is 0 Å². The fourth-order valence-corrected chi connectivity index (χ4v) is 3.18. The van der Waals surface area contributed by atoms with E-state index in [1.54, 1.807) is 0 Å². The zero-order valence-corrected chi connectivity index (χ0v) is 13.0. The van der Waals surface area contributed by atoms with E-state index in [1.165, 1.54) is 11.1 Å². The predicted octanol–water partition coefficient (Wildman–Crippen LogP) is 3.36. The van der Waals surface area contributed by atoms with Gasteiger partial charge in [0.25, 0.3) is 0 Å². The van der Waals surface area contributed by atoms with E-state index in [1.807, 2.05) is 7.05 Å². The SMILES string of the molecule is CN(CCF)C1CN(C(c2ccccc2)c2ccccc2)C1. The molecule has 0 spiro atoms. The number of rotatable bonds is 6. The summed E-state index contributed by atoms with van der Waals surface area (Å²) in [5, 5.41) is 0. The second-order valence-electron chi connectivity index (χ2n) is 6.00. The first-order valence-corrected chi connectivity index (χ1v) is 7.89. The average Bonchev–Trinajstić information content (AvgIpc) is 2.52. The lowest BCUT2D eigenvalue weighted by molar-refractivity contribution is 0.0250. The molecule has 3 heteroatoms. The van der Waals surface area contributed by atoms with Gasteiger partial charge in [-0.15, -0.1) is 0 Å². The van der Waals surface area contributed by atoms with Crippen molar-refractivity contribution < 1.29 is 4.39 Å². The van der Waals surface area contributed by atoms with Crippen LogP contribution < -0.4 is 0 Å². The number of halogens is 1. The molecular weight excluding hydrogens is 275 g/mol. The Morgan fingerprint density at radius 2 is 1.50 bits per heavy atom. The Morgan fingerprint density at radius 3 is 1.95 bits per heavy atom. The van der Waals surface area contributed by atoms with Gasteiger partial charge in [0.05, 0.1) is 6.04 Å². The Morgan fingerprint density at radius 1 is 1.00 bits per heavy atom. The predicted molar refractivity (Wildman–Crippen MR) is 88.7 cm³/mol. The molecule has 0 amide bonds. The number of hydrogen-bond donors (Lipinski definition) is 0. The first kappa shape index (κ1) is 15.2. The van der Waals surface area contributed by atoms with Crippen molar-refractivity contribution in [1.29, 1.82) is 0 Å². The van der Waals surface area contributed by atoms with Gasteiger partial charge in [-0.3, -0.25) is 9.80 Å². The molecule has 3 rings (SSSR count). The molecule has 2 nitrogen and oxygen atoms in total. The zero-order chi connectivity index (χ0) is 15.4. The van der Waals surface area contributed by atoms with Crippen molar-refractivity contribution in [3.8, 4) is 0 Å². The van der Waals surface area contributed by atoms with E-state index in [0.29, 0.717) is 12.6 Å². The van der Waals surface area contributed by atoms with E-state index >= 15 is 0 Å². The van der Waals surface area contributed by atoms with Crippen molar-refractivity contribution in [3.63, 3.8) is 0 Å². The van der Waals surface area contributed by atoms with Gasteiger partial charge in [-0.25, -0.2) is 4.39 Å². The summed E-state index contributed by atoms with van der Waals surface area (Å²) in [5.41, 5.74) is 2.64. The Labute approximate surface area is 132 Å². The number of alkyl halides is 1. The monoisotopic (exact) mass is 298 g/mol. The summed E-state index contributed by atoms with van der Waals surface area (Å²) in [5.74, 6) is 0. The normalized spacial score (nSPS) is 16.2. The molecule has 1 heterocycles. The first-order valence-electron chi connectivity index (χ1n) is 7.89. The Balaban J connectivity index is 1.77. The van der Waals surface area contributed by atoms with Crippen LogP contribution >= 0.6 is 0 Å². The van der Waals surface area contributed by atoms with Crippen LogP contribution in [0.2, 0.25) is 0 Å². The molecule has 1 fully saturated rings. The Hall–Kier alpha value is -1.71. The van der Waals surface area contributed by atoms with Gasteiger partial charge in [-0.2, -0.15) is 0 Å². The summed E-state index contributed by atoms with van der Waals surface area (Å²) in [6.45, 7) is 2.24. The van der Waals surface area contributed by atoms with Gasteiger partial charge in [-0.1, -0.05) is 60.7 Å². The van der Waals surface area contributed by atoms with E-state index in [2.05, 4.69) is 70.5 Å². The third kappa shape index (κ3) is 3.21.